The van der Waals surface area contributed by atoms with Crippen LogP contribution in [0.2, 0.25) is 0 Å². The van der Waals surface area contributed by atoms with E-state index in [1.165, 1.54) is 0 Å². The number of carbonyl (C=O) groups is 3. The molecular weight excluding hydrogens is 394 g/mol. The lowest BCUT2D eigenvalue weighted by Crippen LogP contribution is -2.49. The summed E-state index contributed by atoms with van der Waals surface area (Å²) in [5.41, 5.74) is 0. The second kappa shape index (κ2) is 11.3. The van der Waals surface area contributed by atoms with Crippen LogP contribution < -0.4 is 10.6 Å². The van der Waals surface area contributed by atoms with E-state index in [9.17, 15) is 14.4 Å². The summed E-state index contributed by atoms with van der Waals surface area (Å²) >= 11 is 3.12. The van der Waals surface area contributed by atoms with Crippen LogP contribution in [0, 0.1) is 5.92 Å². The van der Waals surface area contributed by atoms with E-state index in [0.717, 1.165) is 38.5 Å². The van der Waals surface area contributed by atoms with E-state index < -0.39 is 0 Å². The number of hydrogen-bond acceptors (Lipinski definition) is 5. The maximum atomic E-state index is 12.6. The molecule has 1 saturated heterocycles. The van der Waals surface area contributed by atoms with Gasteiger partial charge >= 0.3 is 0 Å². The second-order valence-corrected chi connectivity index (χ2v) is 10.3. The fourth-order valence-electron chi connectivity index (χ4n) is 3.85. The van der Waals surface area contributed by atoms with Gasteiger partial charge in [-0.1, -0.05) is 0 Å². The molecule has 160 valence electrons. The van der Waals surface area contributed by atoms with Crippen molar-refractivity contribution < 1.29 is 14.4 Å². The summed E-state index contributed by atoms with van der Waals surface area (Å²) in [4.78, 5) is 38.8. The molecular formula is C20H35N3O3S2. The highest BCUT2D eigenvalue weighted by Crippen LogP contribution is 2.23. The van der Waals surface area contributed by atoms with Crippen LogP contribution >= 0.6 is 23.5 Å². The van der Waals surface area contributed by atoms with E-state index in [-0.39, 0.29) is 46.2 Å². The van der Waals surface area contributed by atoms with Crippen molar-refractivity contribution in [3.63, 3.8) is 0 Å². The Labute approximate surface area is 177 Å². The van der Waals surface area contributed by atoms with Crippen LogP contribution in [-0.2, 0) is 14.4 Å². The van der Waals surface area contributed by atoms with Gasteiger partial charge < -0.3 is 15.5 Å². The number of amides is 3. The van der Waals surface area contributed by atoms with Gasteiger partial charge in [-0.15, -0.1) is 0 Å². The maximum Gasteiger partial charge on any atom is 0.235 e. The van der Waals surface area contributed by atoms with Crippen molar-refractivity contribution in [2.75, 3.05) is 25.6 Å². The molecule has 8 heteroatoms. The van der Waals surface area contributed by atoms with Gasteiger partial charge in [0, 0.05) is 31.1 Å². The van der Waals surface area contributed by atoms with Gasteiger partial charge in [0.15, 0.2) is 0 Å². The van der Waals surface area contributed by atoms with E-state index >= 15 is 0 Å². The first-order valence-corrected chi connectivity index (χ1v) is 12.9. The van der Waals surface area contributed by atoms with Gasteiger partial charge in [0.05, 0.1) is 10.5 Å². The molecule has 1 aliphatic carbocycles. The molecule has 0 bridgehead atoms. The Bertz CT molecular complexity index is 545. The third-order valence-electron chi connectivity index (χ3n) is 6.02. The van der Waals surface area contributed by atoms with Crippen molar-refractivity contribution in [3.05, 3.63) is 0 Å². The first kappa shape index (κ1) is 23.4. The van der Waals surface area contributed by atoms with Crippen LogP contribution in [0.25, 0.3) is 0 Å². The standard InChI is InChI=1S/C20H35N3O3S2/c1-13(27-3)18(24)21-16-5-7-17(8-6-16)22-19(25)15-9-11-23(12-10-15)20(26)14(2)28-4/h13-17H,5-12H2,1-4H3,(H,21,24)(H,22,25)/t13-,14-,16?,17?/m0/s1. The Morgan fingerprint density at radius 2 is 1.32 bits per heavy atom. The summed E-state index contributed by atoms with van der Waals surface area (Å²) in [5.74, 6) is 0.432. The van der Waals surface area contributed by atoms with Gasteiger partial charge in [0.1, 0.15) is 0 Å². The maximum absolute atomic E-state index is 12.6. The molecule has 0 unspecified atom stereocenters. The molecule has 28 heavy (non-hydrogen) atoms. The minimum Gasteiger partial charge on any atom is -0.353 e. The monoisotopic (exact) mass is 429 g/mol. The average molecular weight is 430 g/mol. The summed E-state index contributed by atoms with van der Waals surface area (Å²) in [6.45, 7) is 5.21. The summed E-state index contributed by atoms with van der Waals surface area (Å²) in [6, 6.07) is 0.428. The Kier molecular flexibility index (Phi) is 9.47. The zero-order chi connectivity index (χ0) is 20.7. The highest BCUT2D eigenvalue weighted by atomic mass is 32.2. The average Bonchev–Trinajstić information content (AvgIpc) is 2.73. The van der Waals surface area contributed by atoms with Crippen molar-refractivity contribution in [1.29, 1.82) is 0 Å². The third-order valence-corrected chi connectivity index (χ3v) is 7.85. The van der Waals surface area contributed by atoms with Gasteiger partial charge in [-0.05, 0) is 64.9 Å². The van der Waals surface area contributed by atoms with Gasteiger partial charge in [-0.3, -0.25) is 14.4 Å². The van der Waals surface area contributed by atoms with Crippen molar-refractivity contribution in [2.45, 2.75) is 75.0 Å². The van der Waals surface area contributed by atoms with Crippen LogP contribution in [0.1, 0.15) is 52.4 Å². The molecule has 0 aromatic rings. The quantitative estimate of drug-likeness (QED) is 0.649. The first-order valence-electron chi connectivity index (χ1n) is 10.3. The zero-order valence-corrected chi connectivity index (χ0v) is 19.2. The Morgan fingerprint density at radius 3 is 1.82 bits per heavy atom. The van der Waals surface area contributed by atoms with Crippen LogP contribution in [-0.4, -0.2) is 70.8 Å². The number of nitrogens with zero attached hydrogens (tertiary/aromatic N) is 1. The molecule has 0 radical (unpaired) electrons. The molecule has 1 aliphatic heterocycles. The van der Waals surface area contributed by atoms with E-state index in [1.54, 1.807) is 23.5 Å². The van der Waals surface area contributed by atoms with Gasteiger partial charge in [-0.2, -0.15) is 23.5 Å². The molecule has 0 spiro atoms. The summed E-state index contributed by atoms with van der Waals surface area (Å²) in [5, 5.41) is 6.30. The van der Waals surface area contributed by atoms with E-state index in [4.69, 9.17) is 0 Å². The predicted octanol–water partition coefficient (Wildman–Crippen LogP) is 2.27. The number of hydrogen-bond donors (Lipinski definition) is 2. The van der Waals surface area contributed by atoms with Crippen molar-refractivity contribution in [2.24, 2.45) is 5.92 Å². The zero-order valence-electron chi connectivity index (χ0n) is 17.5. The fourth-order valence-corrected chi connectivity index (χ4v) is 4.48. The minimum atomic E-state index is -0.0194. The van der Waals surface area contributed by atoms with Crippen LogP contribution in [0.3, 0.4) is 0 Å². The SMILES string of the molecule is CS[C@@H](C)C(=O)NC1CCC(NC(=O)C2CCN(C(=O)[C@H](C)SC)CC2)CC1. The minimum absolute atomic E-state index is 0.00786. The highest BCUT2D eigenvalue weighted by Gasteiger charge is 2.31. The van der Waals surface area contributed by atoms with E-state index in [1.807, 2.05) is 31.3 Å². The topological polar surface area (TPSA) is 78.5 Å². The molecule has 0 aromatic heterocycles. The summed E-state index contributed by atoms with van der Waals surface area (Å²) in [7, 11) is 0. The molecule has 6 nitrogen and oxygen atoms in total. The number of thioether (sulfide) groups is 2. The molecule has 0 aromatic carbocycles. The smallest absolute Gasteiger partial charge is 0.235 e. The van der Waals surface area contributed by atoms with Gasteiger partial charge in [0.2, 0.25) is 17.7 Å². The largest absolute Gasteiger partial charge is 0.353 e. The molecule has 2 fully saturated rings. The molecule has 1 heterocycles. The normalized spacial score (nSPS) is 25.6. The lowest BCUT2D eigenvalue weighted by Gasteiger charge is -2.34. The number of likely N-dealkylation sites (tertiary alicyclic amines) is 1. The van der Waals surface area contributed by atoms with Crippen molar-refractivity contribution in [1.82, 2.24) is 15.5 Å². The summed E-state index contributed by atoms with van der Waals surface area (Å²) in [6.07, 6.45) is 9.04. The number of nitrogens with one attached hydrogen (secondary N) is 2. The molecule has 2 atom stereocenters. The van der Waals surface area contributed by atoms with E-state index in [0.29, 0.717) is 13.1 Å². The van der Waals surface area contributed by atoms with Crippen LogP contribution in [0.15, 0.2) is 0 Å². The molecule has 3 amide bonds. The van der Waals surface area contributed by atoms with Gasteiger partial charge in [-0.25, -0.2) is 0 Å². The third kappa shape index (κ3) is 6.58. The Hall–Kier alpha value is -0.890. The summed E-state index contributed by atoms with van der Waals surface area (Å²) < 4.78 is 0. The fraction of sp³-hybridized carbons (Fsp3) is 0.850. The number of piperidine rings is 1. The second-order valence-electron chi connectivity index (χ2n) is 7.92. The molecule has 2 rings (SSSR count). The molecule has 2 aliphatic rings. The number of carbonyl (C=O) groups excluding carboxylic acids is 3. The van der Waals surface area contributed by atoms with Crippen molar-refractivity contribution >= 4 is 41.2 Å². The Balaban J connectivity index is 1.69. The highest BCUT2D eigenvalue weighted by molar-refractivity contribution is 8.00. The van der Waals surface area contributed by atoms with Crippen LogP contribution in [0.4, 0.5) is 0 Å². The lowest BCUT2D eigenvalue weighted by atomic mass is 9.89. The van der Waals surface area contributed by atoms with Crippen LogP contribution in [0.5, 0.6) is 0 Å². The van der Waals surface area contributed by atoms with E-state index in [2.05, 4.69) is 10.6 Å². The molecule has 1 saturated carbocycles. The predicted molar refractivity (Wildman–Crippen MR) is 118 cm³/mol. The molecule has 2 N–H and O–H groups in total. The lowest BCUT2D eigenvalue weighted by molar-refractivity contribution is -0.135. The Morgan fingerprint density at radius 1 is 0.821 bits per heavy atom. The van der Waals surface area contributed by atoms with Crippen molar-refractivity contribution in [3.8, 4) is 0 Å². The van der Waals surface area contributed by atoms with Gasteiger partial charge in [0.25, 0.3) is 0 Å². The number of rotatable bonds is 7. The first-order chi connectivity index (χ1) is 13.3.